The highest BCUT2D eigenvalue weighted by molar-refractivity contribution is 5.92. The Labute approximate surface area is 135 Å². The molecule has 0 saturated carbocycles. The highest BCUT2D eigenvalue weighted by Crippen LogP contribution is 2.28. The minimum absolute atomic E-state index is 0.419. The molecule has 2 aromatic carbocycles. The summed E-state index contributed by atoms with van der Waals surface area (Å²) in [5, 5.41) is 4.19. The summed E-state index contributed by atoms with van der Waals surface area (Å²) >= 11 is 0. The fourth-order valence-electron chi connectivity index (χ4n) is 2.59. The molecule has 5 nitrogen and oxygen atoms in total. The molecule has 0 spiro atoms. The van der Waals surface area contributed by atoms with Gasteiger partial charge in [0.25, 0.3) is 0 Å². The Balaban J connectivity index is 1.68. The Morgan fingerprint density at radius 2 is 2.00 bits per heavy atom. The molecule has 0 atom stereocenters. The van der Waals surface area contributed by atoms with Gasteiger partial charge in [-0.2, -0.15) is 0 Å². The van der Waals surface area contributed by atoms with Gasteiger partial charge in [-0.3, -0.25) is 4.99 Å². The Morgan fingerprint density at radius 3 is 2.78 bits per heavy atom. The van der Waals surface area contributed by atoms with E-state index < -0.39 is 0 Å². The molecule has 0 aliphatic carbocycles. The number of aromatic nitrogens is 1. The Kier molecular flexibility index (Phi) is 4.47. The molecule has 1 aromatic heterocycles. The lowest BCUT2D eigenvalue weighted by Crippen LogP contribution is -2.22. The molecule has 0 bridgehead atoms. The van der Waals surface area contributed by atoms with Crippen molar-refractivity contribution in [2.24, 2.45) is 10.7 Å². The van der Waals surface area contributed by atoms with Gasteiger partial charge >= 0.3 is 0 Å². The van der Waals surface area contributed by atoms with Crippen LogP contribution in [0.2, 0.25) is 0 Å². The summed E-state index contributed by atoms with van der Waals surface area (Å²) in [6.07, 6.45) is 2.79. The van der Waals surface area contributed by atoms with Crippen molar-refractivity contribution in [3.05, 3.63) is 60.3 Å². The number of nitrogens with two attached hydrogens (primary N) is 1. The highest BCUT2D eigenvalue weighted by Gasteiger charge is 2.08. The zero-order chi connectivity index (χ0) is 16.1. The molecule has 0 fully saturated rings. The topological polar surface area (TPSA) is 75.4 Å². The van der Waals surface area contributed by atoms with Crippen LogP contribution in [-0.4, -0.2) is 24.6 Å². The van der Waals surface area contributed by atoms with Crippen LogP contribution in [0.25, 0.3) is 10.9 Å². The van der Waals surface area contributed by atoms with Gasteiger partial charge in [-0.1, -0.05) is 24.3 Å². The predicted molar refractivity (Wildman–Crippen MR) is 95.1 cm³/mol. The standard InChI is InChI=1S/C18H20N4O/c1-23-16-9-5-8-15-17(16)13(12-21-15)10-11-20-18(19)22-14-6-3-2-4-7-14/h2-9,12,21H,10-11H2,1H3,(H3,19,20,22). The lowest BCUT2D eigenvalue weighted by atomic mass is 10.1. The van der Waals surface area contributed by atoms with Gasteiger partial charge < -0.3 is 20.8 Å². The van der Waals surface area contributed by atoms with E-state index in [0.717, 1.165) is 28.8 Å². The first-order valence-corrected chi connectivity index (χ1v) is 7.53. The first kappa shape index (κ1) is 15.0. The van der Waals surface area contributed by atoms with E-state index in [1.807, 2.05) is 54.7 Å². The van der Waals surface area contributed by atoms with Crippen LogP contribution in [0.15, 0.2) is 59.7 Å². The number of rotatable bonds is 5. The Hall–Kier alpha value is -2.95. The SMILES string of the molecule is COc1cccc2[nH]cc(CCN=C(N)Nc3ccccc3)c12. The third-order valence-corrected chi connectivity index (χ3v) is 3.68. The van der Waals surface area contributed by atoms with Crippen molar-refractivity contribution in [3.63, 3.8) is 0 Å². The number of guanidine groups is 1. The third kappa shape index (κ3) is 3.45. The van der Waals surface area contributed by atoms with Crippen molar-refractivity contribution in [1.82, 2.24) is 4.98 Å². The van der Waals surface area contributed by atoms with E-state index in [0.29, 0.717) is 12.5 Å². The number of nitrogens with one attached hydrogen (secondary N) is 2. The summed E-state index contributed by atoms with van der Waals surface area (Å²) in [4.78, 5) is 7.65. The number of fused-ring (bicyclic) bond motifs is 1. The summed E-state index contributed by atoms with van der Waals surface area (Å²) in [6.45, 7) is 0.608. The third-order valence-electron chi connectivity index (χ3n) is 3.68. The lowest BCUT2D eigenvalue weighted by Gasteiger charge is -2.06. The molecule has 3 aromatic rings. The first-order chi connectivity index (χ1) is 11.3. The molecule has 5 heteroatoms. The normalized spacial score (nSPS) is 11.6. The molecule has 0 radical (unpaired) electrons. The quantitative estimate of drug-likeness (QED) is 0.500. The number of benzene rings is 2. The smallest absolute Gasteiger partial charge is 0.193 e. The number of methoxy groups -OCH3 is 1. The maximum atomic E-state index is 5.92. The molecule has 0 unspecified atom stereocenters. The molecular weight excluding hydrogens is 288 g/mol. The molecule has 0 aliphatic rings. The van der Waals surface area contributed by atoms with Crippen LogP contribution in [-0.2, 0) is 6.42 Å². The number of hydrogen-bond donors (Lipinski definition) is 3. The molecule has 23 heavy (non-hydrogen) atoms. The van der Waals surface area contributed by atoms with Crippen molar-refractivity contribution in [3.8, 4) is 5.75 Å². The molecule has 0 amide bonds. The zero-order valence-electron chi connectivity index (χ0n) is 13.0. The molecule has 1 heterocycles. The largest absolute Gasteiger partial charge is 0.496 e. The maximum absolute atomic E-state index is 5.92. The number of aliphatic imine (C=N–C) groups is 1. The highest BCUT2D eigenvalue weighted by atomic mass is 16.5. The zero-order valence-corrected chi connectivity index (χ0v) is 13.0. The molecule has 0 saturated heterocycles. The van der Waals surface area contributed by atoms with Crippen molar-refractivity contribution >= 4 is 22.5 Å². The van der Waals surface area contributed by atoms with Crippen molar-refractivity contribution < 1.29 is 4.74 Å². The van der Waals surface area contributed by atoms with Crippen molar-refractivity contribution in [1.29, 1.82) is 0 Å². The number of para-hydroxylation sites is 1. The molecule has 3 rings (SSSR count). The van der Waals surface area contributed by atoms with E-state index in [4.69, 9.17) is 10.5 Å². The summed E-state index contributed by atoms with van der Waals surface area (Å²) < 4.78 is 5.44. The molecule has 4 N–H and O–H groups in total. The summed E-state index contributed by atoms with van der Waals surface area (Å²) in [5.41, 5.74) is 9.10. The number of H-pyrrole nitrogens is 1. The van der Waals surface area contributed by atoms with Gasteiger partial charge in [0.15, 0.2) is 5.96 Å². The van der Waals surface area contributed by atoms with Crippen molar-refractivity contribution in [2.75, 3.05) is 19.0 Å². The van der Waals surface area contributed by atoms with E-state index in [1.165, 1.54) is 5.56 Å². The summed E-state index contributed by atoms with van der Waals surface area (Å²) in [6, 6.07) is 15.7. The van der Waals surface area contributed by atoms with Gasteiger partial charge in [-0.25, -0.2) is 0 Å². The monoisotopic (exact) mass is 308 g/mol. The van der Waals surface area contributed by atoms with Gasteiger partial charge in [-0.15, -0.1) is 0 Å². The average molecular weight is 308 g/mol. The number of nitrogens with zero attached hydrogens (tertiary/aromatic N) is 1. The van der Waals surface area contributed by atoms with Crippen LogP contribution in [0.3, 0.4) is 0 Å². The van der Waals surface area contributed by atoms with Crippen LogP contribution in [0, 0.1) is 0 Å². The fraction of sp³-hybridized carbons (Fsp3) is 0.167. The summed E-state index contributed by atoms with van der Waals surface area (Å²) in [5.74, 6) is 1.29. The van der Waals surface area contributed by atoms with E-state index in [-0.39, 0.29) is 0 Å². The second-order valence-electron chi connectivity index (χ2n) is 5.20. The number of anilines is 1. The van der Waals surface area contributed by atoms with Gasteiger partial charge in [0, 0.05) is 29.3 Å². The van der Waals surface area contributed by atoms with E-state index in [1.54, 1.807) is 7.11 Å². The number of aromatic amines is 1. The minimum atomic E-state index is 0.419. The van der Waals surface area contributed by atoms with Gasteiger partial charge in [0.05, 0.1) is 7.11 Å². The van der Waals surface area contributed by atoms with Crippen LogP contribution >= 0.6 is 0 Å². The van der Waals surface area contributed by atoms with Gasteiger partial charge in [0.1, 0.15) is 5.75 Å². The molecule has 0 aliphatic heterocycles. The molecule has 118 valence electrons. The number of ether oxygens (including phenoxy) is 1. The predicted octanol–water partition coefficient (Wildman–Crippen LogP) is 3.15. The average Bonchev–Trinajstić information content (AvgIpc) is 2.99. The van der Waals surface area contributed by atoms with Crippen molar-refractivity contribution in [2.45, 2.75) is 6.42 Å². The van der Waals surface area contributed by atoms with E-state index in [9.17, 15) is 0 Å². The second-order valence-corrected chi connectivity index (χ2v) is 5.20. The summed E-state index contributed by atoms with van der Waals surface area (Å²) in [7, 11) is 1.69. The number of hydrogen-bond acceptors (Lipinski definition) is 2. The second kappa shape index (κ2) is 6.87. The lowest BCUT2D eigenvalue weighted by molar-refractivity contribution is 0.419. The van der Waals surface area contributed by atoms with Crippen LogP contribution < -0.4 is 15.8 Å². The van der Waals surface area contributed by atoms with Gasteiger partial charge in [0.2, 0.25) is 0 Å². The van der Waals surface area contributed by atoms with Crippen LogP contribution in [0.4, 0.5) is 5.69 Å². The molecular formula is C18H20N4O. The fourth-order valence-corrected chi connectivity index (χ4v) is 2.59. The first-order valence-electron chi connectivity index (χ1n) is 7.53. The van der Waals surface area contributed by atoms with E-state index >= 15 is 0 Å². The van der Waals surface area contributed by atoms with E-state index in [2.05, 4.69) is 15.3 Å². The Bertz CT molecular complexity index is 808. The van der Waals surface area contributed by atoms with Crippen LogP contribution in [0.5, 0.6) is 5.75 Å². The maximum Gasteiger partial charge on any atom is 0.193 e. The van der Waals surface area contributed by atoms with Gasteiger partial charge in [-0.05, 0) is 36.2 Å². The minimum Gasteiger partial charge on any atom is -0.496 e. The Morgan fingerprint density at radius 1 is 1.17 bits per heavy atom. The van der Waals surface area contributed by atoms with Crippen LogP contribution in [0.1, 0.15) is 5.56 Å².